The molecule has 6 unspecified atom stereocenters. The second-order valence-electron chi connectivity index (χ2n) is 14.0. The van der Waals surface area contributed by atoms with Crippen LogP contribution in [-0.2, 0) is 14.4 Å². The topological polar surface area (TPSA) is 87.0 Å². The summed E-state index contributed by atoms with van der Waals surface area (Å²) in [6.45, 7) is 15.7. The minimum atomic E-state index is -0.611. The number of hydrogen-bond donors (Lipinski definition) is 1. The van der Waals surface area contributed by atoms with Gasteiger partial charge in [-0.15, -0.1) is 0 Å². The molecule has 198 valence electrons. The summed E-state index contributed by atoms with van der Waals surface area (Å²) in [5, 5.41) is 12.9. The number of nitrogens with zero attached hydrogens (tertiary/aromatic N) is 1. The molecule has 5 nitrogen and oxygen atoms in total. The first-order valence-corrected chi connectivity index (χ1v) is 14.1. The number of carbonyl (C=O) groups excluding carboxylic acids is 3. The van der Waals surface area contributed by atoms with Crippen LogP contribution in [0.3, 0.4) is 0 Å². The average molecular weight is 503 g/mol. The van der Waals surface area contributed by atoms with Crippen molar-refractivity contribution in [3.63, 3.8) is 0 Å². The zero-order valence-corrected chi connectivity index (χ0v) is 23.6. The Hall–Kier alpha value is -2.48. The Labute approximate surface area is 221 Å². The first-order valence-electron chi connectivity index (χ1n) is 14.1. The third kappa shape index (κ3) is 3.23. The van der Waals surface area contributed by atoms with Crippen LogP contribution in [-0.4, -0.2) is 24.0 Å². The van der Waals surface area contributed by atoms with Gasteiger partial charge in [-0.05, 0) is 117 Å². The average Bonchev–Trinajstić information content (AvgIpc) is 2.82. The van der Waals surface area contributed by atoms with Crippen LogP contribution < -0.4 is 5.32 Å². The van der Waals surface area contributed by atoms with E-state index in [4.69, 9.17) is 0 Å². The Morgan fingerprint density at radius 1 is 1.08 bits per heavy atom. The molecule has 0 aliphatic heterocycles. The van der Waals surface area contributed by atoms with E-state index in [0.29, 0.717) is 12.1 Å². The van der Waals surface area contributed by atoms with E-state index in [1.54, 1.807) is 0 Å². The maximum absolute atomic E-state index is 14.4. The van der Waals surface area contributed by atoms with E-state index in [1.165, 1.54) is 0 Å². The van der Waals surface area contributed by atoms with Gasteiger partial charge in [0.05, 0.1) is 11.0 Å². The van der Waals surface area contributed by atoms with Gasteiger partial charge >= 0.3 is 0 Å². The number of allylic oxidation sites excluding steroid dienone is 6. The number of hydrogen-bond acceptors (Lipinski definition) is 4. The molecule has 5 heteroatoms. The second kappa shape index (κ2) is 8.01. The number of Topliss-reactive ketones (excluding diaryl/α,β-unsaturated/α-hetero) is 1. The summed E-state index contributed by atoms with van der Waals surface area (Å²) in [5.41, 5.74) is 1.39. The molecule has 0 saturated heterocycles. The monoisotopic (exact) mass is 502 g/mol. The number of nitrogens with one attached hydrogen (secondary N) is 1. The number of nitriles is 1. The van der Waals surface area contributed by atoms with Crippen molar-refractivity contribution in [3.05, 3.63) is 34.4 Å². The van der Waals surface area contributed by atoms with E-state index >= 15 is 0 Å². The standard InChI is InChI=1S/C32H42N2O3/c1-8-34-27(37)32-13-11-28(3,4)17-22(32)25-23(35)15-24-29(5)16-20(18-33)26(36)19(2)21(29)9-10-30(24,6)31(25,7)12-14-32/h15-16,22,25H,8-14,17H2,1-7H3,(H,34,37). The van der Waals surface area contributed by atoms with E-state index in [-0.39, 0.29) is 51.1 Å². The van der Waals surface area contributed by atoms with Crippen molar-refractivity contribution in [3.8, 4) is 6.07 Å². The lowest BCUT2D eigenvalue weighted by Gasteiger charge is -2.67. The lowest BCUT2D eigenvalue weighted by molar-refractivity contribution is -0.174. The third-order valence-electron chi connectivity index (χ3n) is 11.8. The fourth-order valence-corrected chi connectivity index (χ4v) is 9.49. The largest absolute Gasteiger partial charge is 0.356 e. The SMILES string of the molecule is CCNC(=O)C12CCC(C)(C)CC1C1C(=O)C=C3C4(C)C=C(C#N)C(=O)C(C)=C4CCC3(C)C1(C)CC2. The molecule has 1 amide bonds. The smallest absolute Gasteiger partial charge is 0.226 e. The summed E-state index contributed by atoms with van der Waals surface area (Å²) >= 11 is 0. The number of fused-ring (bicyclic) bond motifs is 7. The summed E-state index contributed by atoms with van der Waals surface area (Å²) in [4.78, 5) is 40.9. The van der Waals surface area contributed by atoms with Crippen LogP contribution in [0, 0.1) is 50.2 Å². The molecule has 1 N–H and O–H groups in total. The Balaban J connectivity index is 1.69. The fourth-order valence-electron chi connectivity index (χ4n) is 9.49. The quantitative estimate of drug-likeness (QED) is 0.500. The molecule has 5 aliphatic rings. The third-order valence-corrected chi connectivity index (χ3v) is 11.8. The molecule has 6 atom stereocenters. The van der Waals surface area contributed by atoms with Gasteiger partial charge in [0.1, 0.15) is 6.07 Å². The van der Waals surface area contributed by atoms with Gasteiger partial charge in [-0.1, -0.05) is 27.7 Å². The van der Waals surface area contributed by atoms with Crippen LogP contribution in [0.1, 0.15) is 93.4 Å². The van der Waals surface area contributed by atoms with Crippen LogP contribution in [0.15, 0.2) is 34.4 Å². The Morgan fingerprint density at radius 3 is 2.41 bits per heavy atom. The highest BCUT2D eigenvalue weighted by Crippen LogP contribution is 2.73. The minimum Gasteiger partial charge on any atom is -0.356 e. The summed E-state index contributed by atoms with van der Waals surface area (Å²) in [5.74, 6) is -0.117. The van der Waals surface area contributed by atoms with E-state index in [9.17, 15) is 19.6 Å². The van der Waals surface area contributed by atoms with Gasteiger partial charge in [-0.3, -0.25) is 14.4 Å². The number of amides is 1. The van der Waals surface area contributed by atoms with Crippen molar-refractivity contribution in [2.45, 2.75) is 93.4 Å². The molecule has 0 radical (unpaired) electrons. The van der Waals surface area contributed by atoms with Gasteiger partial charge in [0.15, 0.2) is 11.6 Å². The summed E-state index contributed by atoms with van der Waals surface area (Å²) < 4.78 is 0. The maximum Gasteiger partial charge on any atom is 0.226 e. The van der Waals surface area contributed by atoms with Gasteiger partial charge in [0, 0.05) is 17.9 Å². The summed E-state index contributed by atoms with van der Waals surface area (Å²) in [7, 11) is 0. The van der Waals surface area contributed by atoms with E-state index in [1.807, 2.05) is 26.0 Å². The van der Waals surface area contributed by atoms with Gasteiger partial charge in [-0.25, -0.2) is 0 Å². The van der Waals surface area contributed by atoms with E-state index < -0.39 is 10.8 Å². The highest BCUT2D eigenvalue weighted by Gasteiger charge is 2.69. The van der Waals surface area contributed by atoms with Gasteiger partial charge in [0.2, 0.25) is 5.91 Å². The predicted molar refractivity (Wildman–Crippen MR) is 143 cm³/mol. The van der Waals surface area contributed by atoms with E-state index in [2.05, 4.69) is 46.0 Å². The highest BCUT2D eigenvalue weighted by atomic mass is 16.2. The van der Waals surface area contributed by atoms with Crippen LogP contribution in [0.5, 0.6) is 0 Å². The van der Waals surface area contributed by atoms with Crippen molar-refractivity contribution in [1.29, 1.82) is 5.26 Å². The van der Waals surface area contributed by atoms with Gasteiger partial charge in [0.25, 0.3) is 0 Å². The van der Waals surface area contributed by atoms with Crippen LogP contribution >= 0.6 is 0 Å². The maximum atomic E-state index is 14.4. The molecule has 3 saturated carbocycles. The van der Waals surface area contributed by atoms with Crippen molar-refractivity contribution in [2.75, 3.05) is 6.54 Å². The molecule has 0 aromatic carbocycles. The van der Waals surface area contributed by atoms with E-state index in [0.717, 1.165) is 56.1 Å². The van der Waals surface area contributed by atoms with Crippen molar-refractivity contribution in [1.82, 2.24) is 5.32 Å². The summed E-state index contributed by atoms with van der Waals surface area (Å²) in [6.07, 6.45) is 9.72. The lowest BCUT2D eigenvalue weighted by atomic mass is 9.35. The molecule has 5 rings (SSSR count). The van der Waals surface area contributed by atoms with Gasteiger partial charge < -0.3 is 5.32 Å². The molecular weight excluding hydrogens is 460 g/mol. The molecule has 37 heavy (non-hydrogen) atoms. The number of ketones is 2. The Bertz CT molecular complexity index is 1240. The minimum absolute atomic E-state index is 0.00769. The van der Waals surface area contributed by atoms with Gasteiger partial charge in [-0.2, -0.15) is 5.26 Å². The first-order chi connectivity index (χ1) is 17.2. The molecule has 0 aromatic heterocycles. The second-order valence-corrected chi connectivity index (χ2v) is 14.0. The zero-order chi connectivity index (χ0) is 27.2. The first kappa shape index (κ1) is 26.1. The molecule has 0 heterocycles. The van der Waals surface area contributed by atoms with Crippen LogP contribution in [0.25, 0.3) is 0 Å². The van der Waals surface area contributed by atoms with Crippen molar-refractivity contribution < 1.29 is 14.4 Å². The summed E-state index contributed by atoms with van der Waals surface area (Å²) in [6, 6.07) is 2.12. The fraction of sp³-hybridized carbons (Fsp3) is 0.688. The van der Waals surface area contributed by atoms with Crippen LogP contribution in [0.2, 0.25) is 0 Å². The predicted octanol–water partition coefficient (Wildman–Crippen LogP) is 6.02. The molecular formula is C32H42N2O3. The molecule has 0 bridgehead atoms. The van der Waals surface area contributed by atoms with Crippen molar-refractivity contribution in [2.24, 2.45) is 38.9 Å². The Kier molecular flexibility index (Phi) is 5.66. The number of rotatable bonds is 2. The molecule has 0 spiro atoms. The lowest BCUT2D eigenvalue weighted by Crippen LogP contribution is -2.65. The van der Waals surface area contributed by atoms with Crippen LogP contribution in [0.4, 0.5) is 0 Å². The zero-order valence-electron chi connectivity index (χ0n) is 23.6. The molecule has 3 fully saturated rings. The molecule has 5 aliphatic carbocycles. The molecule has 0 aromatic rings. The Morgan fingerprint density at radius 2 is 1.76 bits per heavy atom. The number of carbonyl (C=O) groups is 3. The normalized spacial score (nSPS) is 42.3. The van der Waals surface area contributed by atoms with Crippen molar-refractivity contribution >= 4 is 17.5 Å². The highest BCUT2D eigenvalue weighted by molar-refractivity contribution is 6.12.